The minimum atomic E-state index is -0.101. The normalized spacial score (nSPS) is 10.7. The second-order valence-corrected chi connectivity index (χ2v) is 8.32. The molecule has 174 valence electrons. The van der Waals surface area contributed by atoms with E-state index in [4.69, 9.17) is 11.6 Å². The number of halogens is 1. The van der Waals surface area contributed by atoms with Crippen LogP contribution in [0.3, 0.4) is 0 Å². The molecule has 4 N–H and O–H groups in total. The number of rotatable bonds is 7. The molecule has 4 aromatic rings. The highest BCUT2D eigenvalue weighted by molar-refractivity contribution is 6.32. The van der Waals surface area contributed by atoms with Crippen molar-refractivity contribution >= 4 is 40.8 Å². The number of nitrogens with one attached hydrogen (secondary N) is 4. The zero-order valence-electron chi connectivity index (χ0n) is 19.5. The highest BCUT2D eigenvalue weighted by Crippen LogP contribution is 2.32. The smallest absolute Gasteiger partial charge is 0.251 e. The van der Waals surface area contributed by atoms with Crippen molar-refractivity contribution in [2.75, 3.05) is 17.7 Å². The summed E-state index contributed by atoms with van der Waals surface area (Å²) in [5.74, 6) is 1.42. The molecule has 34 heavy (non-hydrogen) atoms. The number of benzene rings is 2. The molecule has 0 bridgehead atoms. The SMILES string of the molecule is CCc1cc(-c2ccc(C(=O)NC)cc2)c(C)cc1Nc1ncc(Cl)c(Nc2cc(C)[nH]n2)n1. The molecule has 9 heteroatoms. The summed E-state index contributed by atoms with van der Waals surface area (Å²) in [6.45, 7) is 6.08. The summed E-state index contributed by atoms with van der Waals surface area (Å²) in [6.07, 6.45) is 2.37. The summed E-state index contributed by atoms with van der Waals surface area (Å²) < 4.78 is 0. The number of hydrogen-bond acceptors (Lipinski definition) is 6. The number of carbonyl (C=O) groups excluding carboxylic acids is 1. The first kappa shape index (κ1) is 23.3. The molecule has 2 aromatic carbocycles. The van der Waals surface area contributed by atoms with Crippen molar-refractivity contribution < 1.29 is 4.79 Å². The summed E-state index contributed by atoms with van der Waals surface area (Å²) in [5, 5.41) is 16.5. The third-order valence-electron chi connectivity index (χ3n) is 5.46. The molecular formula is C25H26ClN7O. The van der Waals surface area contributed by atoms with E-state index in [9.17, 15) is 4.79 Å². The van der Waals surface area contributed by atoms with Crippen LogP contribution in [0.2, 0.25) is 5.02 Å². The predicted molar refractivity (Wildman–Crippen MR) is 136 cm³/mol. The fraction of sp³-hybridized carbons (Fsp3) is 0.200. The third kappa shape index (κ3) is 5.02. The Morgan fingerprint density at radius 1 is 1.09 bits per heavy atom. The average molecular weight is 476 g/mol. The first-order chi connectivity index (χ1) is 16.4. The lowest BCUT2D eigenvalue weighted by Gasteiger charge is -2.16. The van der Waals surface area contributed by atoms with E-state index in [0.29, 0.717) is 28.2 Å². The van der Waals surface area contributed by atoms with Gasteiger partial charge in [0.1, 0.15) is 5.02 Å². The Morgan fingerprint density at radius 2 is 1.85 bits per heavy atom. The number of aryl methyl sites for hydroxylation is 3. The van der Waals surface area contributed by atoms with Gasteiger partial charge in [0.05, 0.1) is 6.20 Å². The summed E-state index contributed by atoms with van der Waals surface area (Å²) in [7, 11) is 1.63. The van der Waals surface area contributed by atoms with E-state index in [1.165, 1.54) is 0 Å². The molecule has 0 radical (unpaired) electrons. The second-order valence-electron chi connectivity index (χ2n) is 7.91. The fourth-order valence-corrected chi connectivity index (χ4v) is 3.80. The van der Waals surface area contributed by atoms with Gasteiger partial charge in [0.25, 0.3) is 5.91 Å². The molecule has 4 rings (SSSR count). The van der Waals surface area contributed by atoms with Gasteiger partial charge in [0.15, 0.2) is 11.6 Å². The van der Waals surface area contributed by atoms with Crippen LogP contribution in [0.4, 0.5) is 23.3 Å². The van der Waals surface area contributed by atoms with Crippen LogP contribution in [0.25, 0.3) is 11.1 Å². The quantitative estimate of drug-likeness (QED) is 0.279. The molecule has 8 nitrogen and oxygen atoms in total. The number of aromatic amines is 1. The number of amides is 1. The van der Waals surface area contributed by atoms with Crippen molar-refractivity contribution in [1.82, 2.24) is 25.5 Å². The highest BCUT2D eigenvalue weighted by Gasteiger charge is 2.13. The van der Waals surface area contributed by atoms with Crippen LogP contribution in [-0.2, 0) is 6.42 Å². The second kappa shape index (κ2) is 9.93. The predicted octanol–water partition coefficient (Wildman–Crippen LogP) is 5.55. The zero-order chi connectivity index (χ0) is 24.2. The van der Waals surface area contributed by atoms with E-state index < -0.39 is 0 Å². The van der Waals surface area contributed by atoms with Gasteiger partial charge in [-0.15, -0.1) is 0 Å². The summed E-state index contributed by atoms with van der Waals surface area (Å²) >= 11 is 6.29. The molecule has 0 fully saturated rings. The molecule has 2 aromatic heterocycles. The number of nitrogens with zero attached hydrogens (tertiary/aromatic N) is 3. The standard InChI is InChI=1S/C25H26ClN7O/c1-5-16-12-19(17-6-8-18(9-7-17)24(34)27-4)14(2)10-21(16)29-25-28-13-20(26)23(31-25)30-22-11-15(3)32-33-22/h6-13H,5H2,1-4H3,(H,27,34)(H3,28,29,30,31,32,33). The minimum absolute atomic E-state index is 0.101. The van der Waals surface area contributed by atoms with Gasteiger partial charge in [-0.1, -0.05) is 30.7 Å². The number of anilines is 4. The Kier molecular flexibility index (Phi) is 6.79. The molecule has 0 saturated carbocycles. The zero-order valence-corrected chi connectivity index (χ0v) is 20.2. The van der Waals surface area contributed by atoms with E-state index in [1.54, 1.807) is 13.2 Å². The molecule has 0 aliphatic carbocycles. The maximum absolute atomic E-state index is 11.8. The van der Waals surface area contributed by atoms with E-state index in [2.05, 4.69) is 62.1 Å². The molecule has 0 saturated heterocycles. The molecule has 0 atom stereocenters. The molecule has 0 aliphatic heterocycles. The Labute approximate surface area is 203 Å². The highest BCUT2D eigenvalue weighted by atomic mass is 35.5. The van der Waals surface area contributed by atoms with Gasteiger partial charge in [-0.05, 0) is 66.8 Å². The van der Waals surface area contributed by atoms with Crippen LogP contribution in [0.15, 0.2) is 48.7 Å². The van der Waals surface area contributed by atoms with Crippen LogP contribution < -0.4 is 16.0 Å². The van der Waals surface area contributed by atoms with Crippen LogP contribution in [0.5, 0.6) is 0 Å². The Bertz CT molecular complexity index is 1330. The molecule has 0 spiro atoms. The van der Waals surface area contributed by atoms with Crippen molar-refractivity contribution in [3.63, 3.8) is 0 Å². The van der Waals surface area contributed by atoms with Crippen LogP contribution in [-0.4, -0.2) is 33.1 Å². The number of aromatic nitrogens is 4. The van der Waals surface area contributed by atoms with Gasteiger partial charge in [-0.25, -0.2) is 4.98 Å². The Morgan fingerprint density at radius 3 is 2.50 bits per heavy atom. The topological polar surface area (TPSA) is 108 Å². The molecular weight excluding hydrogens is 450 g/mol. The minimum Gasteiger partial charge on any atom is -0.355 e. The van der Waals surface area contributed by atoms with Crippen molar-refractivity contribution in [2.24, 2.45) is 0 Å². The summed E-state index contributed by atoms with van der Waals surface area (Å²) in [6, 6.07) is 13.7. The lowest BCUT2D eigenvalue weighted by Crippen LogP contribution is -2.17. The van der Waals surface area contributed by atoms with Crippen molar-refractivity contribution in [3.8, 4) is 11.1 Å². The number of carbonyl (C=O) groups is 1. The van der Waals surface area contributed by atoms with E-state index in [0.717, 1.165) is 40.1 Å². The Hall–Kier alpha value is -3.91. The maximum atomic E-state index is 11.8. The van der Waals surface area contributed by atoms with Gasteiger partial charge in [0.2, 0.25) is 5.95 Å². The maximum Gasteiger partial charge on any atom is 0.251 e. The van der Waals surface area contributed by atoms with Crippen molar-refractivity contribution in [1.29, 1.82) is 0 Å². The largest absolute Gasteiger partial charge is 0.355 e. The first-order valence-corrected chi connectivity index (χ1v) is 11.3. The molecule has 0 aliphatic rings. The lowest BCUT2D eigenvalue weighted by molar-refractivity contribution is 0.0963. The van der Waals surface area contributed by atoms with Gasteiger partial charge in [-0.2, -0.15) is 10.1 Å². The first-order valence-electron chi connectivity index (χ1n) is 10.9. The third-order valence-corrected chi connectivity index (χ3v) is 5.74. The van der Waals surface area contributed by atoms with Gasteiger partial charge < -0.3 is 16.0 Å². The molecule has 0 unspecified atom stereocenters. The van der Waals surface area contributed by atoms with Crippen LogP contribution in [0.1, 0.15) is 34.1 Å². The number of H-pyrrole nitrogens is 1. The fourth-order valence-electron chi connectivity index (χ4n) is 3.66. The average Bonchev–Trinajstić information content (AvgIpc) is 3.25. The van der Waals surface area contributed by atoms with E-state index in [1.807, 2.05) is 37.3 Å². The monoisotopic (exact) mass is 475 g/mol. The number of hydrogen-bond donors (Lipinski definition) is 4. The van der Waals surface area contributed by atoms with E-state index >= 15 is 0 Å². The van der Waals surface area contributed by atoms with Crippen molar-refractivity contribution in [3.05, 3.63) is 76.1 Å². The molecule has 1 amide bonds. The summed E-state index contributed by atoms with van der Waals surface area (Å²) in [4.78, 5) is 20.7. The van der Waals surface area contributed by atoms with Crippen molar-refractivity contribution in [2.45, 2.75) is 27.2 Å². The van der Waals surface area contributed by atoms with Crippen LogP contribution in [0, 0.1) is 13.8 Å². The lowest BCUT2D eigenvalue weighted by atomic mass is 9.95. The van der Waals surface area contributed by atoms with Gasteiger partial charge in [-0.3, -0.25) is 9.89 Å². The van der Waals surface area contributed by atoms with Gasteiger partial charge in [0, 0.05) is 30.1 Å². The van der Waals surface area contributed by atoms with Gasteiger partial charge >= 0.3 is 0 Å². The van der Waals surface area contributed by atoms with E-state index in [-0.39, 0.29) is 5.91 Å². The van der Waals surface area contributed by atoms with Crippen LogP contribution >= 0.6 is 11.6 Å². The molecule has 2 heterocycles. The summed E-state index contributed by atoms with van der Waals surface area (Å²) in [5.41, 5.74) is 6.85. The Balaban J connectivity index is 1.61.